The highest BCUT2D eigenvalue weighted by molar-refractivity contribution is 5.97. The van der Waals surface area contributed by atoms with Crippen LogP contribution < -0.4 is 10.2 Å². The Bertz CT molecular complexity index is 1070. The standard InChI is InChI=1S/C21H25N7O2/c1-14-13-18(23-21-25-24-16(3)28(14)21)26-9-11-27(12-10-26)20(30)15(2)22-19(29)17-7-5-4-6-8-17/h4-8,13,15H,9-12H2,1-3H3,(H,22,29). The second-order valence-corrected chi connectivity index (χ2v) is 7.51. The molecule has 0 aliphatic carbocycles. The molecule has 0 bridgehead atoms. The van der Waals surface area contributed by atoms with Crippen LogP contribution in [0.25, 0.3) is 5.78 Å². The maximum Gasteiger partial charge on any atom is 0.257 e. The van der Waals surface area contributed by atoms with Crippen LogP contribution in [0.15, 0.2) is 36.4 Å². The number of rotatable bonds is 4. The van der Waals surface area contributed by atoms with E-state index in [1.807, 2.05) is 30.4 Å². The number of aryl methyl sites for hydroxylation is 2. The lowest BCUT2D eigenvalue weighted by Crippen LogP contribution is -2.54. The minimum absolute atomic E-state index is 0.0772. The van der Waals surface area contributed by atoms with Gasteiger partial charge < -0.3 is 15.1 Å². The van der Waals surface area contributed by atoms with Crippen molar-refractivity contribution in [3.8, 4) is 0 Å². The van der Waals surface area contributed by atoms with Gasteiger partial charge in [0.05, 0.1) is 0 Å². The van der Waals surface area contributed by atoms with Gasteiger partial charge in [0.15, 0.2) is 0 Å². The molecular formula is C21H25N7O2. The zero-order valence-electron chi connectivity index (χ0n) is 17.4. The zero-order chi connectivity index (χ0) is 21.3. The number of hydrogen-bond donors (Lipinski definition) is 1. The number of amides is 2. The third-order valence-electron chi connectivity index (χ3n) is 5.38. The topological polar surface area (TPSA) is 95.7 Å². The Hall–Kier alpha value is -3.49. The van der Waals surface area contributed by atoms with Gasteiger partial charge in [-0.2, -0.15) is 4.98 Å². The Morgan fingerprint density at radius 1 is 1.03 bits per heavy atom. The molecule has 1 saturated heterocycles. The van der Waals surface area contributed by atoms with Crippen molar-refractivity contribution in [2.45, 2.75) is 26.8 Å². The average Bonchev–Trinajstić information content (AvgIpc) is 3.15. The molecule has 1 aliphatic heterocycles. The fourth-order valence-electron chi connectivity index (χ4n) is 3.75. The van der Waals surface area contributed by atoms with Gasteiger partial charge in [0.25, 0.3) is 11.7 Å². The number of nitrogens with one attached hydrogen (secondary N) is 1. The second-order valence-electron chi connectivity index (χ2n) is 7.51. The van der Waals surface area contributed by atoms with Crippen LogP contribution in [0.5, 0.6) is 0 Å². The van der Waals surface area contributed by atoms with Crippen molar-refractivity contribution in [3.63, 3.8) is 0 Å². The number of nitrogens with zero attached hydrogens (tertiary/aromatic N) is 6. The molecule has 1 aliphatic rings. The van der Waals surface area contributed by atoms with Gasteiger partial charge in [0.2, 0.25) is 5.91 Å². The van der Waals surface area contributed by atoms with Crippen molar-refractivity contribution < 1.29 is 9.59 Å². The lowest BCUT2D eigenvalue weighted by molar-refractivity contribution is -0.133. The molecule has 1 N–H and O–H groups in total. The largest absolute Gasteiger partial charge is 0.353 e. The van der Waals surface area contributed by atoms with Gasteiger partial charge in [-0.15, -0.1) is 10.2 Å². The van der Waals surface area contributed by atoms with E-state index in [0.717, 1.165) is 17.3 Å². The molecule has 1 unspecified atom stereocenters. The Labute approximate surface area is 174 Å². The Morgan fingerprint density at radius 2 is 1.73 bits per heavy atom. The number of anilines is 1. The smallest absolute Gasteiger partial charge is 0.257 e. The minimum atomic E-state index is -0.583. The molecule has 0 saturated carbocycles. The molecule has 1 aromatic carbocycles. The van der Waals surface area contributed by atoms with Crippen molar-refractivity contribution in [3.05, 3.63) is 53.5 Å². The Kier molecular flexibility index (Phi) is 5.35. The quantitative estimate of drug-likeness (QED) is 0.698. The summed E-state index contributed by atoms with van der Waals surface area (Å²) in [6, 6.07) is 10.3. The van der Waals surface area contributed by atoms with E-state index in [9.17, 15) is 9.59 Å². The molecule has 0 spiro atoms. The molecule has 2 amide bonds. The van der Waals surface area contributed by atoms with E-state index in [1.54, 1.807) is 36.1 Å². The summed E-state index contributed by atoms with van der Waals surface area (Å²) in [5.74, 6) is 1.91. The molecule has 9 heteroatoms. The summed E-state index contributed by atoms with van der Waals surface area (Å²) in [6.45, 7) is 8.11. The van der Waals surface area contributed by atoms with E-state index in [-0.39, 0.29) is 11.8 Å². The summed E-state index contributed by atoms with van der Waals surface area (Å²) in [5, 5.41) is 11.0. The summed E-state index contributed by atoms with van der Waals surface area (Å²) in [7, 11) is 0. The van der Waals surface area contributed by atoms with Crippen LogP contribution in [0.3, 0.4) is 0 Å². The molecule has 4 rings (SSSR count). The van der Waals surface area contributed by atoms with Crippen molar-refractivity contribution in [2.75, 3.05) is 31.1 Å². The van der Waals surface area contributed by atoms with Crippen molar-refractivity contribution >= 4 is 23.4 Å². The number of aromatic nitrogens is 4. The summed E-state index contributed by atoms with van der Waals surface area (Å²) in [4.78, 5) is 33.7. The molecule has 3 heterocycles. The van der Waals surface area contributed by atoms with Gasteiger partial charge in [0.1, 0.15) is 17.7 Å². The molecule has 9 nitrogen and oxygen atoms in total. The number of carbonyl (C=O) groups is 2. The number of fused-ring (bicyclic) bond motifs is 1. The first kappa shape index (κ1) is 19.8. The molecule has 1 atom stereocenters. The monoisotopic (exact) mass is 407 g/mol. The second kappa shape index (κ2) is 8.10. The van der Waals surface area contributed by atoms with Crippen LogP contribution in [-0.2, 0) is 4.79 Å². The normalized spacial score (nSPS) is 15.3. The third kappa shape index (κ3) is 3.83. The van der Waals surface area contributed by atoms with E-state index in [0.29, 0.717) is 37.5 Å². The molecule has 156 valence electrons. The highest BCUT2D eigenvalue weighted by Gasteiger charge is 2.27. The fourth-order valence-corrected chi connectivity index (χ4v) is 3.75. The predicted octanol–water partition coefficient (Wildman–Crippen LogP) is 1.21. The van der Waals surface area contributed by atoms with Crippen molar-refractivity contribution in [2.24, 2.45) is 0 Å². The molecule has 1 fully saturated rings. The van der Waals surface area contributed by atoms with Gasteiger partial charge in [-0.1, -0.05) is 18.2 Å². The van der Waals surface area contributed by atoms with E-state index in [2.05, 4.69) is 25.4 Å². The summed E-state index contributed by atoms with van der Waals surface area (Å²) >= 11 is 0. The summed E-state index contributed by atoms with van der Waals surface area (Å²) in [5.41, 5.74) is 1.57. The van der Waals surface area contributed by atoms with Gasteiger partial charge >= 0.3 is 0 Å². The van der Waals surface area contributed by atoms with Gasteiger partial charge in [-0.25, -0.2) is 0 Å². The highest BCUT2D eigenvalue weighted by Crippen LogP contribution is 2.18. The van der Waals surface area contributed by atoms with Crippen LogP contribution in [0.2, 0.25) is 0 Å². The van der Waals surface area contributed by atoms with Gasteiger partial charge in [0, 0.05) is 43.5 Å². The Balaban J connectivity index is 1.37. The first-order valence-corrected chi connectivity index (χ1v) is 10.0. The lowest BCUT2D eigenvalue weighted by Gasteiger charge is -2.36. The van der Waals surface area contributed by atoms with Gasteiger partial charge in [-0.3, -0.25) is 14.0 Å². The van der Waals surface area contributed by atoms with Crippen LogP contribution in [-0.4, -0.2) is 68.5 Å². The lowest BCUT2D eigenvalue weighted by atomic mass is 10.2. The predicted molar refractivity (Wildman–Crippen MR) is 112 cm³/mol. The third-order valence-corrected chi connectivity index (χ3v) is 5.38. The maximum atomic E-state index is 12.8. The number of hydrogen-bond acceptors (Lipinski definition) is 6. The molecule has 0 radical (unpaired) electrons. The maximum absolute atomic E-state index is 12.8. The highest BCUT2D eigenvalue weighted by atomic mass is 16.2. The first-order valence-electron chi connectivity index (χ1n) is 10.0. The van der Waals surface area contributed by atoms with Gasteiger partial charge in [-0.05, 0) is 32.9 Å². The summed E-state index contributed by atoms with van der Waals surface area (Å²) in [6.07, 6.45) is 0. The molecule has 3 aromatic rings. The molecular weight excluding hydrogens is 382 g/mol. The number of carbonyl (C=O) groups excluding carboxylic acids is 2. The van der Waals surface area contributed by atoms with Crippen LogP contribution in [0.4, 0.5) is 5.82 Å². The fraction of sp³-hybridized carbons (Fsp3) is 0.381. The van der Waals surface area contributed by atoms with Crippen molar-refractivity contribution in [1.29, 1.82) is 0 Å². The van der Waals surface area contributed by atoms with Crippen LogP contribution in [0, 0.1) is 13.8 Å². The SMILES string of the molecule is Cc1cc(N2CCN(C(=O)C(C)NC(=O)c3ccccc3)CC2)nc2nnc(C)n12. The number of benzene rings is 1. The first-order chi connectivity index (χ1) is 14.4. The van der Waals surface area contributed by atoms with E-state index < -0.39 is 6.04 Å². The average molecular weight is 407 g/mol. The van der Waals surface area contributed by atoms with E-state index in [4.69, 9.17) is 0 Å². The zero-order valence-corrected chi connectivity index (χ0v) is 17.4. The van der Waals surface area contributed by atoms with Crippen LogP contribution in [0.1, 0.15) is 28.8 Å². The van der Waals surface area contributed by atoms with E-state index >= 15 is 0 Å². The minimum Gasteiger partial charge on any atom is -0.353 e. The summed E-state index contributed by atoms with van der Waals surface area (Å²) < 4.78 is 1.92. The van der Waals surface area contributed by atoms with E-state index in [1.165, 1.54) is 0 Å². The van der Waals surface area contributed by atoms with Crippen LogP contribution >= 0.6 is 0 Å². The van der Waals surface area contributed by atoms with Crippen molar-refractivity contribution in [1.82, 2.24) is 29.8 Å². The molecule has 2 aromatic heterocycles. The number of piperazine rings is 1. The Morgan fingerprint density at radius 3 is 2.43 bits per heavy atom. The molecule has 30 heavy (non-hydrogen) atoms.